The van der Waals surface area contributed by atoms with Crippen LogP contribution in [0.5, 0.6) is 0 Å². The summed E-state index contributed by atoms with van der Waals surface area (Å²) in [6.07, 6.45) is 7.14. The topological polar surface area (TPSA) is 66.7 Å². The molecule has 1 saturated carbocycles. The lowest BCUT2D eigenvalue weighted by Crippen LogP contribution is -2.45. The van der Waals surface area contributed by atoms with E-state index in [1.54, 1.807) is 28.5 Å². The highest BCUT2D eigenvalue weighted by Crippen LogP contribution is 2.50. The van der Waals surface area contributed by atoms with Crippen molar-refractivity contribution in [1.82, 2.24) is 19.7 Å². The van der Waals surface area contributed by atoms with E-state index >= 15 is 0 Å². The second-order valence-electron chi connectivity index (χ2n) is 6.04. The van der Waals surface area contributed by atoms with Gasteiger partial charge in [-0.3, -0.25) is 9.78 Å². The number of nitrogens with one attached hydrogen (secondary N) is 1. The Balaban J connectivity index is 2.01. The summed E-state index contributed by atoms with van der Waals surface area (Å²) >= 11 is 6.75. The van der Waals surface area contributed by atoms with Crippen molar-refractivity contribution in [3.05, 3.63) is 33.3 Å². The minimum atomic E-state index is -0.955. The highest BCUT2D eigenvalue weighted by atomic mass is 32.1. The fourth-order valence-corrected chi connectivity index (χ4v) is 3.64. The second-order valence-corrected chi connectivity index (χ2v) is 7.33. The number of hydrogen-bond donors (Lipinski definition) is 2. The number of hydrogen-bond acceptors (Lipinski definition) is 5. The van der Waals surface area contributed by atoms with E-state index in [4.69, 9.17) is 12.2 Å². The smallest absolute Gasteiger partial charge is 0.215 e. The van der Waals surface area contributed by atoms with Gasteiger partial charge in [0.15, 0.2) is 0 Å². The Morgan fingerprint density at radius 1 is 1.52 bits per heavy atom. The van der Waals surface area contributed by atoms with Crippen molar-refractivity contribution in [2.24, 2.45) is 5.41 Å². The van der Waals surface area contributed by atoms with Gasteiger partial charge in [-0.05, 0) is 42.1 Å². The van der Waals surface area contributed by atoms with Crippen LogP contribution in [0.4, 0.5) is 0 Å². The average molecular weight is 322 g/mol. The van der Waals surface area contributed by atoms with E-state index in [2.05, 4.69) is 28.9 Å². The molecule has 1 atom stereocenters. The van der Waals surface area contributed by atoms with Gasteiger partial charge in [0.05, 0.1) is 6.54 Å². The lowest BCUT2D eigenvalue weighted by molar-refractivity contribution is -0.0301. The third-order valence-corrected chi connectivity index (χ3v) is 5.47. The van der Waals surface area contributed by atoms with Crippen LogP contribution in [0.25, 0.3) is 6.08 Å². The molecule has 0 aromatic carbocycles. The summed E-state index contributed by atoms with van der Waals surface area (Å²) in [5.41, 5.74) is -0.168. The van der Waals surface area contributed by atoms with Crippen molar-refractivity contribution in [1.29, 1.82) is 0 Å². The lowest BCUT2D eigenvalue weighted by Gasteiger charge is -2.37. The molecule has 0 bridgehead atoms. The van der Waals surface area contributed by atoms with Crippen molar-refractivity contribution in [2.75, 3.05) is 0 Å². The summed E-state index contributed by atoms with van der Waals surface area (Å²) in [5.74, 6) is 0. The Hall–Kier alpha value is -1.31. The van der Waals surface area contributed by atoms with Gasteiger partial charge in [-0.2, -0.15) is 0 Å². The second kappa shape index (κ2) is 5.15. The first kappa shape index (κ1) is 14.6. The third-order valence-electron chi connectivity index (χ3n) is 4.43. The molecule has 3 rings (SSSR count). The molecule has 1 aliphatic carbocycles. The van der Waals surface area contributed by atoms with E-state index < -0.39 is 5.60 Å². The summed E-state index contributed by atoms with van der Waals surface area (Å²) in [4.78, 5) is 8.31. The van der Waals surface area contributed by atoms with Crippen LogP contribution in [0.2, 0.25) is 0 Å². The molecule has 0 aliphatic heterocycles. The van der Waals surface area contributed by atoms with Crippen LogP contribution in [-0.4, -0.2) is 30.5 Å². The monoisotopic (exact) mass is 322 g/mol. The Morgan fingerprint density at radius 2 is 2.33 bits per heavy atom. The summed E-state index contributed by atoms with van der Waals surface area (Å²) in [5, 5.41) is 17.2. The summed E-state index contributed by atoms with van der Waals surface area (Å²) in [6.45, 7) is 4.57. The van der Waals surface area contributed by atoms with Crippen LogP contribution in [0.3, 0.4) is 0 Å². The standard InChI is InChI=1S/C14H18N4OS2/c1-13(2)4-3-10(7-11-15-5-6-21-11)14(13,19)8-18-12(20)16-9-17-18/h5-7,9,19H,3-4,8H2,1-2H3,(H,16,17,20)/b10-7+. The zero-order chi connectivity index (χ0) is 15.1. The zero-order valence-electron chi connectivity index (χ0n) is 12.0. The van der Waals surface area contributed by atoms with Crippen LogP contribution in [-0.2, 0) is 6.54 Å². The Bertz CT molecular complexity index is 713. The number of H-pyrrole nitrogens is 1. The quantitative estimate of drug-likeness (QED) is 0.853. The molecule has 2 aromatic heterocycles. The minimum absolute atomic E-state index is 0.226. The Morgan fingerprint density at radius 3 is 2.95 bits per heavy atom. The maximum atomic E-state index is 11.4. The molecule has 1 unspecified atom stereocenters. The van der Waals surface area contributed by atoms with Gasteiger partial charge in [0.2, 0.25) is 4.77 Å². The first-order valence-electron chi connectivity index (χ1n) is 6.85. The predicted octanol–water partition coefficient (Wildman–Crippen LogP) is 3.03. The number of aromatic nitrogens is 4. The predicted molar refractivity (Wildman–Crippen MR) is 85.5 cm³/mol. The van der Waals surface area contributed by atoms with Crippen molar-refractivity contribution in [3.8, 4) is 0 Å². The molecule has 21 heavy (non-hydrogen) atoms. The van der Waals surface area contributed by atoms with Gasteiger partial charge in [0.25, 0.3) is 0 Å². The fourth-order valence-electron chi connectivity index (χ4n) is 2.88. The molecule has 0 amide bonds. The maximum Gasteiger partial charge on any atom is 0.215 e. The first-order valence-corrected chi connectivity index (χ1v) is 8.14. The fraction of sp³-hybridized carbons (Fsp3) is 0.500. The van der Waals surface area contributed by atoms with Gasteiger partial charge in [0.1, 0.15) is 16.9 Å². The van der Waals surface area contributed by atoms with Crippen molar-refractivity contribution in [3.63, 3.8) is 0 Å². The summed E-state index contributed by atoms with van der Waals surface area (Å²) in [6, 6.07) is 0. The first-order chi connectivity index (χ1) is 9.92. The number of nitrogens with zero attached hydrogens (tertiary/aromatic N) is 3. The molecule has 1 aliphatic rings. The molecule has 0 spiro atoms. The number of aliphatic hydroxyl groups is 1. The number of rotatable bonds is 3. The molecule has 1 fully saturated rings. The van der Waals surface area contributed by atoms with Gasteiger partial charge >= 0.3 is 0 Å². The van der Waals surface area contributed by atoms with E-state index in [1.165, 1.54) is 0 Å². The molecular formula is C14H18N4OS2. The highest BCUT2D eigenvalue weighted by molar-refractivity contribution is 7.71. The van der Waals surface area contributed by atoms with E-state index in [9.17, 15) is 5.11 Å². The van der Waals surface area contributed by atoms with Gasteiger partial charge in [-0.1, -0.05) is 13.8 Å². The number of thiazole rings is 1. The van der Waals surface area contributed by atoms with E-state index in [-0.39, 0.29) is 5.41 Å². The van der Waals surface area contributed by atoms with E-state index in [0.29, 0.717) is 11.3 Å². The molecule has 112 valence electrons. The molecule has 0 radical (unpaired) electrons. The van der Waals surface area contributed by atoms with Crippen LogP contribution < -0.4 is 0 Å². The third kappa shape index (κ3) is 2.49. The molecule has 2 heterocycles. The van der Waals surface area contributed by atoms with Crippen molar-refractivity contribution >= 4 is 29.6 Å². The van der Waals surface area contributed by atoms with E-state index in [1.807, 2.05) is 11.5 Å². The largest absolute Gasteiger partial charge is 0.383 e. The molecule has 7 heteroatoms. The number of aromatic amines is 1. The van der Waals surface area contributed by atoms with Crippen molar-refractivity contribution < 1.29 is 5.11 Å². The van der Waals surface area contributed by atoms with Gasteiger partial charge in [0, 0.05) is 11.6 Å². The Labute approximate surface area is 132 Å². The average Bonchev–Trinajstić information content (AvgIpc) is 3.10. The van der Waals surface area contributed by atoms with Gasteiger partial charge in [-0.25, -0.2) is 9.97 Å². The Kier molecular flexibility index (Phi) is 3.59. The van der Waals surface area contributed by atoms with Gasteiger partial charge in [-0.15, -0.1) is 11.3 Å². The van der Waals surface area contributed by atoms with Crippen molar-refractivity contribution in [2.45, 2.75) is 38.8 Å². The van der Waals surface area contributed by atoms with Gasteiger partial charge < -0.3 is 5.11 Å². The van der Waals surface area contributed by atoms with Crippen LogP contribution >= 0.6 is 23.6 Å². The summed E-state index contributed by atoms with van der Waals surface area (Å²) < 4.78 is 2.18. The summed E-state index contributed by atoms with van der Waals surface area (Å²) in [7, 11) is 0. The van der Waals surface area contributed by atoms with Crippen LogP contribution in [0.1, 0.15) is 31.7 Å². The maximum absolute atomic E-state index is 11.4. The normalized spacial score (nSPS) is 26.5. The van der Waals surface area contributed by atoms with Crippen LogP contribution in [0, 0.1) is 10.2 Å². The minimum Gasteiger partial charge on any atom is -0.383 e. The zero-order valence-corrected chi connectivity index (χ0v) is 13.7. The molecule has 2 aromatic rings. The lowest BCUT2D eigenvalue weighted by atomic mass is 9.76. The molecule has 0 saturated heterocycles. The van der Waals surface area contributed by atoms with Crippen LogP contribution in [0.15, 0.2) is 23.5 Å². The van der Waals surface area contributed by atoms with E-state index in [0.717, 1.165) is 23.4 Å². The molecule has 2 N–H and O–H groups in total. The SMILES string of the molecule is CC1(C)CC/C(=C\c2nccs2)C1(O)Cn1[nH]cnc1=S. The highest BCUT2D eigenvalue weighted by Gasteiger charge is 2.51. The molecule has 5 nitrogen and oxygen atoms in total. The molecular weight excluding hydrogens is 304 g/mol.